The van der Waals surface area contributed by atoms with Crippen molar-refractivity contribution in [1.29, 1.82) is 0 Å². The zero-order valence-corrected chi connectivity index (χ0v) is 6.58. The van der Waals surface area contributed by atoms with Gasteiger partial charge in [-0.1, -0.05) is 0 Å². The van der Waals surface area contributed by atoms with E-state index in [-0.39, 0.29) is 18.0 Å². The molecule has 3 nitrogen and oxygen atoms in total. The number of Topliss-reactive ketones (excluding diaryl/α,β-unsaturated/α-hetero) is 1. The van der Waals surface area contributed by atoms with Gasteiger partial charge in [-0.05, 0) is 19.8 Å². The Morgan fingerprint density at radius 2 is 2.36 bits per heavy atom. The van der Waals surface area contributed by atoms with E-state index < -0.39 is 0 Å². The number of carbonyl (C=O) groups excluding carboxylic acids is 2. The normalized spacial score (nSPS) is 28.1. The molecule has 11 heavy (non-hydrogen) atoms. The number of rotatable bonds is 5. The van der Waals surface area contributed by atoms with Crippen molar-refractivity contribution in [3.05, 3.63) is 0 Å². The summed E-state index contributed by atoms with van der Waals surface area (Å²) in [4.78, 5) is 20.6. The molecule has 0 radical (unpaired) electrons. The molecule has 0 aromatic rings. The van der Waals surface area contributed by atoms with E-state index in [1.807, 2.05) is 0 Å². The van der Waals surface area contributed by atoms with Crippen molar-refractivity contribution < 1.29 is 14.3 Å². The van der Waals surface area contributed by atoms with Crippen LogP contribution < -0.4 is 0 Å². The molecule has 0 saturated carbocycles. The minimum Gasteiger partial charge on any atom is -0.361 e. The number of hydrogen-bond acceptors (Lipinski definition) is 3. The molecule has 2 unspecified atom stereocenters. The Hall–Kier alpha value is -0.700. The summed E-state index contributed by atoms with van der Waals surface area (Å²) in [6, 6.07) is 0. The van der Waals surface area contributed by atoms with Gasteiger partial charge in [-0.3, -0.25) is 4.79 Å². The molecular formula is C8H12O3. The average Bonchev–Trinajstić information content (AvgIpc) is 2.68. The number of unbranched alkanes of at least 4 members (excludes halogenated alkanes) is 1. The lowest BCUT2D eigenvalue weighted by Crippen LogP contribution is -2.04. The lowest BCUT2D eigenvalue weighted by molar-refractivity contribution is -0.118. The SMILES string of the molecule is CC(=O)C1OC1CCCC=O. The number of aldehydes is 1. The monoisotopic (exact) mass is 156 g/mol. The fourth-order valence-electron chi connectivity index (χ4n) is 1.12. The highest BCUT2D eigenvalue weighted by atomic mass is 16.6. The third-order valence-corrected chi connectivity index (χ3v) is 1.79. The molecule has 1 aliphatic rings. The number of epoxide rings is 1. The first-order valence-corrected chi connectivity index (χ1v) is 3.85. The standard InChI is InChI=1S/C8H12O3/c1-6(10)8-7(11-8)4-2-3-5-9/h5,7-8H,2-4H2,1H3. The molecular weight excluding hydrogens is 144 g/mol. The van der Waals surface area contributed by atoms with Crippen molar-refractivity contribution >= 4 is 12.1 Å². The van der Waals surface area contributed by atoms with Gasteiger partial charge in [0.05, 0.1) is 6.10 Å². The van der Waals surface area contributed by atoms with Gasteiger partial charge in [-0.15, -0.1) is 0 Å². The second-order valence-electron chi connectivity index (χ2n) is 2.80. The highest BCUT2D eigenvalue weighted by Gasteiger charge is 2.41. The third-order valence-electron chi connectivity index (χ3n) is 1.79. The molecule has 0 N–H and O–H groups in total. The molecule has 0 amide bonds. The summed E-state index contributed by atoms with van der Waals surface area (Å²) in [5.74, 6) is 0.0982. The van der Waals surface area contributed by atoms with Gasteiger partial charge in [0, 0.05) is 6.42 Å². The summed E-state index contributed by atoms with van der Waals surface area (Å²) >= 11 is 0. The van der Waals surface area contributed by atoms with Gasteiger partial charge in [0.2, 0.25) is 0 Å². The average molecular weight is 156 g/mol. The number of hydrogen-bond donors (Lipinski definition) is 0. The molecule has 1 heterocycles. The van der Waals surface area contributed by atoms with Crippen LogP contribution in [0.2, 0.25) is 0 Å². The number of ketones is 1. The van der Waals surface area contributed by atoms with Crippen molar-refractivity contribution in [2.75, 3.05) is 0 Å². The summed E-state index contributed by atoms with van der Waals surface area (Å²) in [6.45, 7) is 1.53. The molecule has 2 atom stereocenters. The van der Waals surface area contributed by atoms with Crippen molar-refractivity contribution in [2.24, 2.45) is 0 Å². The van der Waals surface area contributed by atoms with Crippen molar-refractivity contribution in [3.8, 4) is 0 Å². The first-order valence-electron chi connectivity index (χ1n) is 3.85. The first kappa shape index (κ1) is 8.40. The predicted octanol–water partition coefficient (Wildman–Crippen LogP) is 0.712. The Labute approximate surface area is 65.7 Å². The van der Waals surface area contributed by atoms with E-state index in [1.54, 1.807) is 0 Å². The summed E-state index contributed by atoms with van der Waals surface area (Å²) < 4.78 is 5.06. The molecule has 0 spiro atoms. The minimum absolute atomic E-state index is 0.0982. The Morgan fingerprint density at radius 1 is 1.64 bits per heavy atom. The van der Waals surface area contributed by atoms with E-state index in [9.17, 15) is 9.59 Å². The van der Waals surface area contributed by atoms with Gasteiger partial charge in [0.25, 0.3) is 0 Å². The Kier molecular flexibility index (Phi) is 2.76. The van der Waals surface area contributed by atoms with Crippen LogP contribution in [-0.4, -0.2) is 24.3 Å². The number of carbonyl (C=O) groups is 2. The van der Waals surface area contributed by atoms with E-state index in [0.717, 1.165) is 19.1 Å². The maximum atomic E-state index is 10.7. The van der Waals surface area contributed by atoms with E-state index in [4.69, 9.17) is 4.74 Å². The highest BCUT2D eigenvalue weighted by Crippen LogP contribution is 2.27. The fraction of sp³-hybridized carbons (Fsp3) is 0.750. The van der Waals surface area contributed by atoms with Crippen LogP contribution in [0.25, 0.3) is 0 Å². The fourth-order valence-corrected chi connectivity index (χ4v) is 1.12. The second kappa shape index (κ2) is 3.62. The summed E-state index contributed by atoms with van der Waals surface area (Å²) in [5, 5.41) is 0. The van der Waals surface area contributed by atoms with E-state index in [1.165, 1.54) is 6.92 Å². The van der Waals surface area contributed by atoms with Crippen LogP contribution in [0.4, 0.5) is 0 Å². The third kappa shape index (κ3) is 2.42. The number of ether oxygens (including phenoxy) is 1. The van der Waals surface area contributed by atoms with Crippen LogP contribution in [0.1, 0.15) is 26.2 Å². The molecule has 0 aromatic carbocycles. The van der Waals surface area contributed by atoms with Gasteiger partial charge in [0.15, 0.2) is 5.78 Å². The summed E-state index contributed by atoms with van der Waals surface area (Å²) in [7, 11) is 0. The Balaban J connectivity index is 2.04. The lowest BCUT2D eigenvalue weighted by Gasteiger charge is -1.88. The molecule has 1 rings (SSSR count). The minimum atomic E-state index is -0.165. The van der Waals surface area contributed by atoms with Gasteiger partial charge >= 0.3 is 0 Å². The second-order valence-corrected chi connectivity index (χ2v) is 2.80. The lowest BCUT2D eigenvalue weighted by atomic mass is 10.1. The smallest absolute Gasteiger partial charge is 0.161 e. The van der Waals surface area contributed by atoms with Crippen LogP contribution in [0, 0.1) is 0 Å². The van der Waals surface area contributed by atoms with Crippen LogP contribution >= 0.6 is 0 Å². The molecule has 3 heteroatoms. The molecule has 1 fully saturated rings. The largest absolute Gasteiger partial charge is 0.361 e. The molecule has 1 saturated heterocycles. The zero-order valence-electron chi connectivity index (χ0n) is 6.58. The zero-order chi connectivity index (χ0) is 8.27. The molecule has 0 aliphatic carbocycles. The van der Waals surface area contributed by atoms with Gasteiger partial charge in [0.1, 0.15) is 12.4 Å². The summed E-state index contributed by atoms with van der Waals surface area (Å²) in [6.07, 6.45) is 3.07. The van der Waals surface area contributed by atoms with Crippen molar-refractivity contribution in [2.45, 2.75) is 38.4 Å². The topological polar surface area (TPSA) is 46.7 Å². The van der Waals surface area contributed by atoms with E-state index >= 15 is 0 Å². The van der Waals surface area contributed by atoms with Crippen LogP contribution in [0.15, 0.2) is 0 Å². The van der Waals surface area contributed by atoms with Gasteiger partial charge in [-0.2, -0.15) is 0 Å². The molecule has 0 aromatic heterocycles. The molecule has 62 valence electrons. The van der Waals surface area contributed by atoms with Gasteiger partial charge in [-0.25, -0.2) is 0 Å². The van der Waals surface area contributed by atoms with Crippen LogP contribution in [0.5, 0.6) is 0 Å². The van der Waals surface area contributed by atoms with Gasteiger partial charge < -0.3 is 9.53 Å². The predicted molar refractivity (Wildman–Crippen MR) is 39.3 cm³/mol. The van der Waals surface area contributed by atoms with Crippen LogP contribution in [-0.2, 0) is 14.3 Å². The van der Waals surface area contributed by atoms with E-state index in [0.29, 0.717) is 6.42 Å². The Bertz CT molecular complexity index is 165. The van der Waals surface area contributed by atoms with Crippen LogP contribution in [0.3, 0.4) is 0 Å². The highest BCUT2D eigenvalue weighted by molar-refractivity contribution is 5.83. The van der Waals surface area contributed by atoms with Crippen molar-refractivity contribution in [1.82, 2.24) is 0 Å². The summed E-state index contributed by atoms with van der Waals surface area (Å²) in [5.41, 5.74) is 0. The quantitative estimate of drug-likeness (QED) is 0.334. The maximum absolute atomic E-state index is 10.7. The maximum Gasteiger partial charge on any atom is 0.161 e. The van der Waals surface area contributed by atoms with E-state index in [2.05, 4.69) is 0 Å². The molecule has 0 bridgehead atoms. The Morgan fingerprint density at radius 3 is 2.82 bits per heavy atom. The molecule has 1 aliphatic heterocycles. The van der Waals surface area contributed by atoms with Crippen molar-refractivity contribution in [3.63, 3.8) is 0 Å². The first-order chi connectivity index (χ1) is 5.25.